The van der Waals surface area contributed by atoms with Gasteiger partial charge in [0.15, 0.2) is 6.10 Å². The third kappa shape index (κ3) is 4.39. The Morgan fingerprint density at radius 2 is 2.03 bits per heavy atom. The number of halogens is 1. The Balaban J connectivity index is 1.22. The summed E-state index contributed by atoms with van der Waals surface area (Å²) in [6, 6.07) is 9.59. The highest BCUT2D eigenvalue weighted by atomic mass is 35.5. The second-order valence-electron chi connectivity index (χ2n) is 8.30. The van der Waals surface area contributed by atoms with E-state index in [0.717, 1.165) is 41.2 Å². The number of hydrogen-bond donors (Lipinski definition) is 1. The number of piperidine rings is 1. The van der Waals surface area contributed by atoms with Gasteiger partial charge in [-0.1, -0.05) is 11.6 Å². The Bertz CT molecular complexity index is 1130. The van der Waals surface area contributed by atoms with E-state index < -0.39 is 6.10 Å². The van der Waals surface area contributed by atoms with E-state index in [1.54, 1.807) is 24.7 Å². The van der Waals surface area contributed by atoms with Crippen LogP contribution in [0.15, 0.2) is 48.9 Å². The van der Waals surface area contributed by atoms with Crippen molar-refractivity contribution >= 4 is 29.0 Å². The van der Waals surface area contributed by atoms with Crippen molar-refractivity contribution in [2.45, 2.75) is 38.2 Å². The molecule has 32 heavy (non-hydrogen) atoms. The molecule has 5 rings (SSSR count). The van der Waals surface area contributed by atoms with E-state index in [4.69, 9.17) is 21.3 Å². The minimum Gasteiger partial charge on any atom is -0.480 e. The van der Waals surface area contributed by atoms with Crippen molar-refractivity contribution in [2.24, 2.45) is 0 Å². The predicted molar refractivity (Wildman–Crippen MR) is 122 cm³/mol. The molecule has 0 spiro atoms. The van der Waals surface area contributed by atoms with Crippen molar-refractivity contribution in [2.75, 3.05) is 18.4 Å². The molecule has 164 valence electrons. The van der Waals surface area contributed by atoms with Gasteiger partial charge in [-0.05, 0) is 55.7 Å². The van der Waals surface area contributed by atoms with Gasteiger partial charge in [-0.25, -0.2) is 4.98 Å². The fourth-order valence-corrected chi connectivity index (χ4v) is 4.64. The molecular formula is C24H24ClN5O2. The third-order valence-electron chi connectivity index (χ3n) is 6.01. The number of nitrogens with zero attached hydrogens (tertiary/aromatic N) is 4. The number of benzene rings is 1. The number of carbonyl (C=O) groups is 1. The van der Waals surface area contributed by atoms with Crippen LogP contribution < -0.4 is 10.1 Å². The molecule has 3 aromatic rings. The van der Waals surface area contributed by atoms with Crippen LogP contribution in [0.3, 0.4) is 0 Å². The monoisotopic (exact) mass is 449 g/mol. The summed E-state index contributed by atoms with van der Waals surface area (Å²) in [5.74, 6) is 1.82. The molecule has 0 bridgehead atoms. The van der Waals surface area contributed by atoms with E-state index in [2.05, 4.69) is 21.4 Å². The number of aromatic nitrogens is 3. The van der Waals surface area contributed by atoms with Crippen molar-refractivity contribution in [1.29, 1.82) is 0 Å². The lowest BCUT2D eigenvalue weighted by atomic mass is 9.92. The molecular weight excluding hydrogens is 426 g/mol. The smallest absolute Gasteiger partial charge is 0.263 e. The molecule has 0 radical (unpaired) electrons. The molecule has 2 aliphatic rings. The summed E-state index contributed by atoms with van der Waals surface area (Å²) in [5, 5.41) is 3.96. The molecule has 0 saturated carbocycles. The number of anilines is 2. The number of ether oxygens (including phenoxy) is 1. The van der Waals surface area contributed by atoms with Gasteiger partial charge in [-0.3, -0.25) is 14.8 Å². The number of carbonyl (C=O) groups excluding carboxylic acids is 1. The Kier molecular flexibility index (Phi) is 5.66. The first-order valence-electron chi connectivity index (χ1n) is 10.8. The maximum Gasteiger partial charge on any atom is 0.263 e. The summed E-state index contributed by atoms with van der Waals surface area (Å²) in [5.41, 5.74) is 3.94. The highest BCUT2D eigenvalue weighted by Gasteiger charge is 2.34. The van der Waals surface area contributed by atoms with Crippen LogP contribution in [0.5, 0.6) is 5.75 Å². The lowest BCUT2D eigenvalue weighted by molar-refractivity contribution is -0.139. The van der Waals surface area contributed by atoms with Gasteiger partial charge < -0.3 is 15.0 Å². The zero-order chi connectivity index (χ0) is 22.1. The summed E-state index contributed by atoms with van der Waals surface area (Å²) < 4.78 is 5.89. The number of rotatable bonds is 4. The van der Waals surface area contributed by atoms with Gasteiger partial charge in [0.05, 0.1) is 6.20 Å². The largest absolute Gasteiger partial charge is 0.480 e. The zero-order valence-electron chi connectivity index (χ0n) is 17.8. The number of fused-ring (bicyclic) bond motifs is 1. The van der Waals surface area contributed by atoms with E-state index in [-0.39, 0.29) is 5.91 Å². The zero-order valence-corrected chi connectivity index (χ0v) is 18.5. The molecule has 1 atom stereocenters. The predicted octanol–water partition coefficient (Wildman–Crippen LogP) is 4.29. The summed E-state index contributed by atoms with van der Waals surface area (Å²) in [4.78, 5) is 28.1. The van der Waals surface area contributed by atoms with Crippen LogP contribution in [0.25, 0.3) is 0 Å². The number of hydrogen-bond acceptors (Lipinski definition) is 6. The van der Waals surface area contributed by atoms with Crippen LogP contribution in [-0.4, -0.2) is 45.0 Å². The van der Waals surface area contributed by atoms with Gasteiger partial charge in [-0.15, -0.1) is 0 Å². The standard InChI is InChI=1S/C24H24ClN5O2/c1-15-10-19(29-23-14-26-6-7-27-23)13-20(28-15)16-4-8-30(9-5-16)24(31)22-12-17-11-18(25)2-3-21(17)32-22/h2-3,6-7,10-11,13-14,16,22H,4-5,8-9,12H2,1H3,(H,27,28,29)/t22-/m1/s1. The average Bonchev–Trinajstić information content (AvgIpc) is 3.22. The first-order chi connectivity index (χ1) is 15.5. The Morgan fingerprint density at radius 1 is 1.19 bits per heavy atom. The number of nitrogens with one attached hydrogen (secondary N) is 1. The Hall–Kier alpha value is -3.19. The van der Waals surface area contributed by atoms with Gasteiger partial charge in [0.25, 0.3) is 5.91 Å². The molecule has 0 aliphatic carbocycles. The van der Waals surface area contributed by atoms with Crippen LogP contribution in [0.4, 0.5) is 11.5 Å². The van der Waals surface area contributed by atoms with Crippen LogP contribution in [-0.2, 0) is 11.2 Å². The molecule has 0 unspecified atom stereocenters. The van der Waals surface area contributed by atoms with Gasteiger partial charge in [0, 0.05) is 59.9 Å². The molecule has 7 nitrogen and oxygen atoms in total. The first kappa shape index (κ1) is 20.7. The van der Waals surface area contributed by atoms with Crippen LogP contribution in [0.2, 0.25) is 5.02 Å². The maximum absolute atomic E-state index is 13.0. The average molecular weight is 450 g/mol. The lowest BCUT2D eigenvalue weighted by Gasteiger charge is -2.33. The lowest BCUT2D eigenvalue weighted by Crippen LogP contribution is -2.45. The second kappa shape index (κ2) is 8.74. The fourth-order valence-electron chi connectivity index (χ4n) is 4.44. The van der Waals surface area contributed by atoms with E-state index in [9.17, 15) is 4.79 Å². The SMILES string of the molecule is Cc1cc(Nc2cnccn2)cc(C2CCN(C(=O)[C@H]3Cc4cc(Cl)ccc4O3)CC2)n1. The van der Waals surface area contributed by atoms with E-state index in [0.29, 0.717) is 36.3 Å². The summed E-state index contributed by atoms with van der Waals surface area (Å²) in [6.45, 7) is 3.39. The molecule has 8 heteroatoms. The third-order valence-corrected chi connectivity index (χ3v) is 6.24. The molecule has 2 aromatic heterocycles. The molecule has 2 aliphatic heterocycles. The summed E-state index contributed by atoms with van der Waals surface area (Å²) in [7, 11) is 0. The molecule has 1 N–H and O–H groups in total. The number of aryl methyl sites for hydroxylation is 1. The minimum atomic E-state index is -0.458. The van der Waals surface area contributed by atoms with Crippen molar-refractivity contribution in [3.05, 3.63) is 70.9 Å². The van der Waals surface area contributed by atoms with Crippen LogP contribution in [0, 0.1) is 6.92 Å². The van der Waals surface area contributed by atoms with Gasteiger partial charge in [0.1, 0.15) is 11.6 Å². The van der Waals surface area contributed by atoms with Crippen molar-refractivity contribution in [3.63, 3.8) is 0 Å². The van der Waals surface area contributed by atoms with Gasteiger partial charge >= 0.3 is 0 Å². The highest BCUT2D eigenvalue weighted by molar-refractivity contribution is 6.30. The number of pyridine rings is 1. The number of amides is 1. The molecule has 1 aromatic carbocycles. The topological polar surface area (TPSA) is 80.2 Å². The number of likely N-dealkylation sites (tertiary alicyclic amines) is 1. The van der Waals surface area contributed by atoms with Crippen LogP contribution >= 0.6 is 11.6 Å². The Labute approximate surface area is 191 Å². The highest BCUT2D eigenvalue weighted by Crippen LogP contribution is 2.34. The fraction of sp³-hybridized carbons (Fsp3) is 0.333. The van der Waals surface area contributed by atoms with Crippen molar-refractivity contribution < 1.29 is 9.53 Å². The van der Waals surface area contributed by atoms with E-state index in [1.807, 2.05) is 30.0 Å². The van der Waals surface area contributed by atoms with Crippen molar-refractivity contribution in [1.82, 2.24) is 19.9 Å². The van der Waals surface area contributed by atoms with Crippen molar-refractivity contribution in [3.8, 4) is 5.75 Å². The summed E-state index contributed by atoms with van der Waals surface area (Å²) >= 11 is 6.07. The molecule has 4 heterocycles. The van der Waals surface area contributed by atoms with E-state index >= 15 is 0 Å². The maximum atomic E-state index is 13.0. The molecule has 1 saturated heterocycles. The minimum absolute atomic E-state index is 0.0537. The van der Waals surface area contributed by atoms with Crippen LogP contribution in [0.1, 0.15) is 35.7 Å². The second-order valence-corrected chi connectivity index (χ2v) is 8.74. The molecule has 1 amide bonds. The normalized spacial score (nSPS) is 18.2. The quantitative estimate of drug-likeness (QED) is 0.640. The van der Waals surface area contributed by atoms with Gasteiger partial charge in [0.2, 0.25) is 0 Å². The van der Waals surface area contributed by atoms with Gasteiger partial charge in [-0.2, -0.15) is 0 Å². The summed E-state index contributed by atoms with van der Waals surface area (Å²) in [6.07, 6.45) is 6.86. The molecule has 1 fully saturated rings. The Morgan fingerprint density at radius 3 is 2.81 bits per heavy atom. The van der Waals surface area contributed by atoms with E-state index in [1.165, 1.54) is 0 Å². The first-order valence-corrected chi connectivity index (χ1v) is 11.2.